The third-order valence-corrected chi connectivity index (χ3v) is 5.60. The van der Waals surface area contributed by atoms with E-state index in [-0.39, 0.29) is 24.4 Å². The van der Waals surface area contributed by atoms with Crippen LogP contribution >= 0.6 is 0 Å². The van der Waals surface area contributed by atoms with Gasteiger partial charge in [-0.05, 0) is 30.3 Å². The molecule has 1 aromatic carbocycles. The maximum absolute atomic E-state index is 11.9. The van der Waals surface area contributed by atoms with Crippen molar-refractivity contribution in [3.05, 3.63) is 59.9 Å². The number of nitrogens with zero attached hydrogens (tertiary/aromatic N) is 4. The van der Waals surface area contributed by atoms with Gasteiger partial charge in [0.2, 0.25) is 11.7 Å². The first kappa shape index (κ1) is 18.7. The highest BCUT2D eigenvalue weighted by atomic mass is 16.5. The van der Waals surface area contributed by atoms with Gasteiger partial charge in [-0.25, -0.2) is 0 Å². The standard InChI is InChI=1S/C22H22N4O4/c1-14-24-21(25-30-14)13-28-20-6-5-15(19-4-2-3-7-23-19)8-16(20)9-26-10-17-12-29-22(27)18(17)11-26/h2-8,17-18H,9-13H2,1H3/t17-,18-/m1/s1. The molecule has 8 heteroatoms. The fourth-order valence-corrected chi connectivity index (χ4v) is 4.14. The average molecular weight is 406 g/mol. The van der Waals surface area contributed by atoms with E-state index in [2.05, 4.69) is 26.1 Å². The highest BCUT2D eigenvalue weighted by Crippen LogP contribution is 2.33. The van der Waals surface area contributed by atoms with Crippen LogP contribution in [0.25, 0.3) is 11.3 Å². The second kappa shape index (κ2) is 7.87. The molecule has 0 bridgehead atoms. The summed E-state index contributed by atoms with van der Waals surface area (Å²) in [4.78, 5) is 22.9. The molecule has 2 atom stereocenters. The molecular weight excluding hydrogens is 384 g/mol. The molecule has 2 fully saturated rings. The van der Waals surface area contributed by atoms with Crippen LogP contribution in [0.2, 0.25) is 0 Å². The highest BCUT2D eigenvalue weighted by Gasteiger charge is 2.43. The van der Waals surface area contributed by atoms with Crippen molar-refractivity contribution in [2.75, 3.05) is 19.7 Å². The van der Waals surface area contributed by atoms with E-state index in [1.54, 1.807) is 13.1 Å². The van der Waals surface area contributed by atoms with Gasteiger partial charge in [0.15, 0.2) is 6.61 Å². The number of likely N-dealkylation sites (tertiary alicyclic amines) is 1. The number of hydrogen-bond donors (Lipinski definition) is 0. The minimum Gasteiger partial charge on any atom is -0.485 e. The number of carbonyl (C=O) groups is 1. The summed E-state index contributed by atoms with van der Waals surface area (Å²) in [5, 5.41) is 3.89. The van der Waals surface area contributed by atoms with Crippen LogP contribution in [0.5, 0.6) is 5.75 Å². The maximum Gasteiger partial charge on any atom is 0.310 e. The molecule has 154 valence electrons. The number of hydrogen-bond acceptors (Lipinski definition) is 8. The second-order valence-corrected chi connectivity index (χ2v) is 7.75. The second-order valence-electron chi connectivity index (χ2n) is 7.75. The fraction of sp³-hybridized carbons (Fsp3) is 0.364. The molecular formula is C22H22N4O4. The lowest BCUT2D eigenvalue weighted by atomic mass is 10.0. The minimum atomic E-state index is -0.0753. The molecule has 0 amide bonds. The number of aryl methyl sites for hydroxylation is 1. The van der Waals surface area contributed by atoms with E-state index >= 15 is 0 Å². The summed E-state index contributed by atoms with van der Waals surface area (Å²) in [5.74, 6) is 1.96. The summed E-state index contributed by atoms with van der Waals surface area (Å²) >= 11 is 0. The predicted octanol–water partition coefficient (Wildman–Crippen LogP) is 2.62. The van der Waals surface area contributed by atoms with Crippen LogP contribution in [0, 0.1) is 18.8 Å². The number of rotatable bonds is 6. The zero-order chi connectivity index (χ0) is 20.5. The Morgan fingerprint density at radius 3 is 2.93 bits per heavy atom. The van der Waals surface area contributed by atoms with Crippen molar-refractivity contribution in [1.29, 1.82) is 0 Å². The van der Waals surface area contributed by atoms with E-state index in [1.807, 2.05) is 30.3 Å². The van der Waals surface area contributed by atoms with Gasteiger partial charge >= 0.3 is 5.97 Å². The van der Waals surface area contributed by atoms with Gasteiger partial charge in [0.1, 0.15) is 5.75 Å². The summed E-state index contributed by atoms with van der Waals surface area (Å²) in [6.07, 6.45) is 1.78. The fourth-order valence-electron chi connectivity index (χ4n) is 4.14. The molecule has 0 unspecified atom stereocenters. The predicted molar refractivity (Wildman–Crippen MR) is 106 cm³/mol. The van der Waals surface area contributed by atoms with E-state index in [0.717, 1.165) is 29.1 Å². The molecule has 0 aliphatic carbocycles. The van der Waals surface area contributed by atoms with Gasteiger partial charge < -0.3 is 14.0 Å². The Bertz CT molecular complexity index is 1050. The van der Waals surface area contributed by atoms with Gasteiger partial charge in [-0.3, -0.25) is 14.7 Å². The van der Waals surface area contributed by atoms with Crippen molar-refractivity contribution in [1.82, 2.24) is 20.0 Å². The zero-order valence-corrected chi connectivity index (χ0v) is 16.7. The number of fused-ring (bicyclic) bond motifs is 1. The van der Waals surface area contributed by atoms with Crippen LogP contribution < -0.4 is 4.74 Å². The first-order valence-corrected chi connectivity index (χ1v) is 10.0. The van der Waals surface area contributed by atoms with E-state index in [1.165, 1.54) is 0 Å². The number of cyclic esters (lactones) is 1. The molecule has 5 rings (SSSR count). The summed E-state index contributed by atoms with van der Waals surface area (Å²) in [6, 6.07) is 11.9. The van der Waals surface area contributed by atoms with Gasteiger partial charge in [-0.15, -0.1) is 0 Å². The van der Waals surface area contributed by atoms with Crippen molar-refractivity contribution in [3.63, 3.8) is 0 Å². The molecule has 2 aliphatic heterocycles. The number of carbonyl (C=O) groups excluding carboxylic acids is 1. The van der Waals surface area contributed by atoms with E-state index in [4.69, 9.17) is 14.0 Å². The summed E-state index contributed by atoms with van der Waals surface area (Å²) in [7, 11) is 0. The number of ether oxygens (including phenoxy) is 2. The van der Waals surface area contributed by atoms with Crippen molar-refractivity contribution in [2.24, 2.45) is 11.8 Å². The molecule has 2 aromatic heterocycles. The highest BCUT2D eigenvalue weighted by molar-refractivity contribution is 5.75. The molecule has 2 aliphatic rings. The average Bonchev–Trinajstić information content (AvgIpc) is 3.45. The van der Waals surface area contributed by atoms with Crippen LogP contribution in [0.1, 0.15) is 17.3 Å². The number of benzene rings is 1. The first-order valence-electron chi connectivity index (χ1n) is 10.0. The van der Waals surface area contributed by atoms with Crippen molar-refractivity contribution in [3.8, 4) is 17.0 Å². The zero-order valence-electron chi connectivity index (χ0n) is 16.7. The van der Waals surface area contributed by atoms with Crippen LogP contribution in [0.15, 0.2) is 47.1 Å². The Kier molecular flexibility index (Phi) is 4.92. The maximum atomic E-state index is 11.9. The molecule has 0 spiro atoms. The smallest absolute Gasteiger partial charge is 0.310 e. The third kappa shape index (κ3) is 3.78. The lowest BCUT2D eigenvalue weighted by Gasteiger charge is -2.20. The third-order valence-electron chi connectivity index (χ3n) is 5.60. The Morgan fingerprint density at radius 2 is 2.17 bits per heavy atom. The SMILES string of the molecule is Cc1nc(COc2ccc(-c3ccccn3)cc2CN2C[C@@H]3COC(=O)[C@@H]3C2)no1. The van der Waals surface area contributed by atoms with Gasteiger partial charge in [0.05, 0.1) is 18.2 Å². The molecule has 3 aromatic rings. The molecule has 8 nitrogen and oxygen atoms in total. The largest absolute Gasteiger partial charge is 0.485 e. The lowest BCUT2D eigenvalue weighted by molar-refractivity contribution is -0.141. The number of pyridine rings is 1. The van der Waals surface area contributed by atoms with E-state index < -0.39 is 0 Å². The number of esters is 1. The van der Waals surface area contributed by atoms with Gasteiger partial charge in [-0.2, -0.15) is 4.98 Å². The van der Waals surface area contributed by atoms with Crippen molar-refractivity contribution in [2.45, 2.75) is 20.1 Å². The van der Waals surface area contributed by atoms with Crippen molar-refractivity contribution >= 4 is 5.97 Å². The van der Waals surface area contributed by atoms with E-state index in [0.29, 0.717) is 31.4 Å². The molecule has 0 N–H and O–H groups in total. The van der Waals surface area contributed by atoms with Crippen LogP contribution in [0.4, 0.5) is 0 Å². The monoisotopic (exact) mass is 406 g/mol. The van der Waals surface area contributed by atoms with Gasteiger partial charge in [-0.1, -0.05) is 11.2 Å². The number of aromatic nitrogens is 3. The molecule has 2 saturated heterocycles. The van der Waals surface area contributed by atoms with Crippen LogP contribution in [-0.2, 0) is 22.7 Å². The summed E-state index contributed by atoms with van der Waals surface area (Å²) < 4.78 is 16.2. The van der Waals surface area contributed by atoms with Crippen LogP contribution in [-0.4, -0.2) is 45.7 Å². The van der Waals surface area contributed by atoms with Gasteiger partial charge in [0, 0.05) is 49.8 Å². The Labute approximate surface area is 173 Å². The minimum absolute atomic E-state index is 0.0179. The van der Waals surface area contributed by atoms with Crippen LogP contribution in [0.3, 0.4) is 0 Å². The molecule has 30 heavy (non-hydrogen) atoms. The quantitative estimate of drug-likeness (QED) is 0.577. The van der Waals surface area contributed by atoms with E-state index in [9.17, 15) is 4.79 Å². The van der Waals surface area contributed by atoms with Gasteiger partial charge in [0.25, 0.3) is 0 Å². The Morgan fingerprint density at radius 1 is 1.23 bits per heavy atom. The van der Waals surface area contributed by atoms with Crippen molar-refractivity contribution < 1.29 is 18.8 Å². The Hall–Kier alpha value is -3.26. The topological polar surface area (TPSA) is 90.6 Å². The summed E-state index contributed by atoms with van der Waals surface area (Å²) in [6.45, 7) is 4.73. The molecule has 4 heterocycles. The molecule has 0 saturated carbocycles. The normalized spacial score (nSPS) is 20.9. The molecule has 0 radical (unpaired) electrons. The first-order chi connectivity index (χ1) is 14.7. The lowest BCUT2D eigenvalue weighted by Crippen LogP contribution is -2.24. The Balaban J connectivity index is 1.39. The summed E-state index contributed by atoms with van der Waals surface area (Å²) in [5.41, 5.74) is 2.96.